The zero-order chi connectivity index (χ0) is 14.0. The van der Waals surface area contributed by atoms with Crippen LogP contribution in [-0.2, 0) is 6.54 Å². The van der Waals surface area contributed by atoms with Gasteiger partial charge in [0.25, 0.3) is 0 Å². The Bertz CT molecular complexity index is 435. The zero-order valence-electron chi connectivity index (χ0n) is 13.1. The molecular formula is C17H28N2. The molecule has 19 heavy (non-hydrogen) atoms. The first-order chi connectivity index (χ1) is 8.90. The van der Waals surface area contributed by atoms with Gasteiger partial charge in [-0.3, -0.25) is 0 Å². The third-order valence-electron chi connectivity index (χ3n) is 4.24. The Kier molecular flexibility index (Phi) is 4.19. The van der Waals surface area contributed by atoms with Gasteiger partial charge >= 0.3 is 0 Å². The van der Waals surface area contributed by atoms with Crippen LogP contribution in [0.1, 0.15) is 51.7 Å². The molecule has 1 aromatic rings. The van der Waals surface area contributed by atoms with Gasteiger partial charge < -0.3 is 10.2 Å². The SMILES string of the molecule is Cc1cc(N2CCCC2(C)C)ccc1CNC(C)C. The number of aryl methyl sites for hydroxylation is 1. The van der Waals surface area contributed by atoms with Gasteiger partial charge in [-0.25, -0.2) is 0 Å². The van der Waals surface area contributed by atoms with Gasteiger partial charge in [-0.1, -0.05) is 19.9 Å². The van der Waals surface area contributed by atoms with Crippen molar-refractivity contribution in [3.63, 3.8) is 0 Å². The standard InChI is InChI=1S/C17H28N2/c1-13(2)18-12-15-7-8-16(11-14(15)3)19-10-6-9-17(19,4)5/h7-8,11,13,18H,6,9-10,12H2,1-5H3. The second kappa shape index (κ2) is 5.54. The topological polar surface area (TPSA) is 15.3 Å². The monoisotopic (exact) mass is 260 g/mol. The van der Waals surface area contributed by atoms with Crippen LogP contribution in [0, 0.1) is 6.92 Å². The Morgan fingerprint density at radius 3 is 2.58 bits per heavy atom. The molecule has 0 aliphatic carbocycles. The van der Waals surface area contributed by atoms with Crippen LogP contribution in [0.15, 0.2) is 18.2 Å². The predicted octanol–water partition coefficient (Wildman–Crippen LogP) is 3.87. The summed E-state index contributed by atoms with van der Waals surface area (Å²) in [5, 5.41) is 3.49. The molecule has 0 bridgehead atoms. The highest BCUT2D eigenvalue weighted by atomic mass is 15.2. The molecule has 1 N–H and O–H groups in total. The summed E-state index contributed by atoms with van der Waals surface area (Å²) in [5.41, 5.74) is 4.50. The van der Waals surface area contributed by atoms with E-state index in [9.17, 15) is 0 Å². The second-order valence-electron chi connectivity index (χ2n) is 6.71. The number of rotatable bonds is 4. The number of nitrogens with one attached hydrogen (secondary N) is 1. The fourth-order valence-corrected chi connectivity index (χ4v) is 2.95. The van der Waals surface area contributed by atoms with Crippen LogP contribution in [0.3, 0.4) is 0 Å². The minimum atomic E-state index is 0.310. The molecule has 1 aliphatic rings. The molecule has 0 unspecified atom stereocenters. The van der Waals surface area contributed by atoms with Crippen molar-refractivity contribution in [3.8, 4) is 0 Å². The van der Waals surface area contributed by atoms with Gasteiger partial charge in [0.2, 0.25) is 0 Å². The van der Waals surface area contributed by atoms with Gasteiger partial charge in [0.15, 0.2) is 0 Å². The second-order valence-corrected chi connectivity index (χ2v) is 6.71. The molecule has 1 aromatic carbocycles. The lowest BCUT2D eigenvalue weighted by Crippen LogP contribution is -2.38. The van der Waals surface area contributed by atoms with E-state index in [1.807, 2.05) is 0 Å². The lowest BCUT2D eigenvalue weighted by molar-refractivity contribution is 0.518. The summed E-state index contributed by atoms with van der Waals surface area (Å²) in [7, 11) is 0. The van der Waals surface area contributed by atoms with Crippen LogP contribution in [0.5, 0.6) is 0 Å². The Balaban J connectivity index is 2.14. The average Bonchev–Trinajstić information content (AvgIpc) is 2.67. The summed E-state index contributed by atoms with van der Waals surface area (Å²) in [6.45, 7) is 13.5. The van der Waals surface area contributed by atoms with Crippen molar-refractivity contribution < 1.29 is 0 Å². The van der Waals surface area contributed by atoms with Crippen molar-refractivity contribution in [2.45, 2.75) is 65.6 Å². The molecule has 1 aliphatic heterocycles. The van der Waals surface area contributed by atoms with Crippen LogP contribution < -0.4 is 10.2 Å². The molecule has 0 amide bonds. The molecule has 0 aromatic heterocycles. The molecule has 2 rings (SSSR count). The van der Waals surface area contributed by atoms with Crippen LogP contribution in [0.2, 0.25) is 0 Å². The molecule has 1 saturated heterocycles. The predicted molar refractivity (Wildman–Crippen MR) is 83.8 cm³/mol. The van der Waals surface area contributed by atoms with Crippen molar-refractivity contribution in [1.82, 2.24) is 5.32 Å². The molecule has 1 heterocycles. The highest BCUT2D eigenvalue weighted by Gasteiger charge is 2.31. The van der Waals surface area contributed by atoms with Gasteiger partial charge in [0, 0.05) is 30.4 Å². The third kappa shape index (κ3) is 3.30. The molecule has 1 fully saturated rings. The van der Waals surface area contributed by atoms with E-state index >= 15 is 0 Å². The van der Waals surface area contributed by atoms with Gasteiger partial charge in [0.1, 0.15) is 0 Å². The highest BCUT2D eigenvalue weighted by molar-refractivity contribution is 5.53. The lowest BCUT2D eigenvalue weighted by Gasteiger charge is -2.34. The summed E-state index contributed by atoms with van der Waals surface area (Å²) in [5.74, 6) is 0. The molecule has 0 spiro atoms. The maximum absolute atomic E-state index is 3.49. The van der Waals surface area contributed by atoms with E-state index in [0.29, 0.717) is 11.6 Å². The molecule has 0 atom stereocenters. The minimum Gasteiger partial charge on any atom is -0.366 e. The summed E-state index contributed by atoms with van der Waals surface area (Å²) < 4.78 is 0. The number of nitrogens with zero attached hydrogens (tertiary/aromatic N) is 1. The van der Waals surface area contributed by atoms with Crippen LogP contribution in [0.4, 0.5) is 5.69 Å². The molecule has 106 valence electrons. The Labute approximate surface area is 118 Å². The fraction of sp³-hybridized carbons (Fsp3) is 0.647. The first kappa shape index (κ1) is 14.4. The normalized spacial score (nSPS) is 18.3. The summed E-state index contributed by atoms with van der Waals surface area (Å²) >= 11 is 0. The van der Waals surface area contributed by atoms with Gasteiger partial charge in [-0.2, -0.15) is 0 Å². The Hall–Kier alpha value is -1.02. The van der Waals surface area contributed by atoms with Crippen molar-refractivity contribution in [2.24, 2.45) is 0 Å². The first-order valence-electron chi connectivity index (χ1n) is 7.51. The van der Waals surface area contributed by atoms with Crippen LogP contribution in [-0.4, -0.2) is 18.1 Å². The molecule has 2 nitrogen and oxygen atoms in total. The Morgan fingerprint density at radius 2 is 2.05 bits per heavy atom. The minimum absolute atomic E-state index is 0.310. The van der Waals surface area contributed by atoms with E-state index in [1.165, 1.54) is 36.2 Å². The zero-order valence-corrected chi connectivity index (χ0v) is 13.1. The average molecular weight is 260 g/mol. The summed E-state index contributed by atoms with van der Waals surface area (Å²) in [6.07, 6.45) is 2.60. The van der Waals surface area contributed by atoms with Gasteiger partial charge in [-0.05, 0) is 56.9 Å². The smallest absolute Gasteiger partial charge is 0.0373 e. The number of anilines is 1. The van der Waals surface area contributed by atoms with Crippen LogP contribution >= 0.6 is 0 Å². The highest BCUT2D eigenvalue weighted by Crippen LogP contribution is 2.34. The lowest BCUT2D eigenvalue weighted by atomic mass is 10.0. The van der Waals surface area contributed by atoms with Crippen molar-refractivity contribution >= 4 is 5.69 Å². The third-order valence-corrected chi connectivity index (χ3v) is 4.24. The van der Waals surface area contributed by atoms with E-state index in [0.717, 1.165) is 6.54 Å². The van der Waals surface area contributed by atoms with E-state index in [2.05, 4.69) is 63.0 Å². The van der Waals surface area contributed by atoms with E-state index in [-0.39, 0.29) is 0 Å². The Morgan fingerprint density at radius 1 is 1.32 bits per heavy atom. The summed E-state index contributed by atoms with van der Waals surface area (Å²) in [6, 6.07) is 7.47. The van der Waals surface area contributed by atoms with Crippen LogP contribution in [0.25, 0.3) is 0 Å². The van der Waals surface area contributed by atoms with Crippen molar-refractivity contribution in [2.75, 3.05) is 11.4 Å². The number of hydrogen-bond donors (Lipinski definition) is 1. The number of hydrogen-bond acceptors (Lipinski definition) is 2. The van der Waals surface area contributed by atoms with Crippen molar-refractivity contribution in [3.05, 3.63) is 29.3 Å². The molecular weight excluding hydrogens is 232 g/mol. The molecule has 2 heteroatoms. The summed E-state index contributed by atoms with van der Waals surface area (Å²) in [4.78, 5) is 2.56. The van der Waals surface area contributed by atoms with Crippen molar-refractivity contribution in [1.29, 1.82) is 0 Å². The molecule has 0 radical (unpaired) electrons. The molecule has 0 saturated carbocycles. The fourth-order valence-electron chi connectivity index (χ4n) is 2.95. The quantitative estimate of drug-likeness (QED) is 0.884. The number of benzene rings is 1. The van der Waals surface area contributed by atoms with E-state index in [4.69, 9.17) is 0 Å². The van der Waals surface area contributed by atoms with Gasteiger partial charge in [-0.15, -0.1) is 0 Å². The van der Waals surface area contributed by atoms with E-state index < -0.39 is 0 Å². The van der Waals surface area contributed by atoms with E-state index in [1.54, 1.807) is 0 Å². The maximum atomic E-state index is 3.49. The van der Waals surface area contributed by atoms with Gasteiger partial charge in [0.05, 0.1) is 0 Å². The largest absolute Gasteiger partial charge is 0.366 e. The first-order valence-corrected chi connectivity index (χ1v) is 7.51. The maximum Gasteiger partial charge on any atom is 0.0373 e.